The van der Waals surface area contributed by atoms with Crippen molar-refractivity contribution in [1.29, 1.82) is 0 Å². The van der Waals surface area contributed by atoms with Crippen LogP contribution in [0, 0.1) is 5.82 Å². The first-order valence-corrected chi connectivity index (χ1v) is 5.47. The zero-order valence-electron chi connectivity index (χ0n) is 8.22. The molecule has 1 aromatic carbocycles. The van der Waals surface area contributed by atoms with Gasteiger partial charge in [-0.05, 0) is 12.1 Å². The molecule has 0 N–H and O–H groups in total. The van der Waals surface area contributed by atoms with Crippen molar-refractivity contribution in [3.63, 3.8) is 0 Å². The van der Waals surface area contributed by atoms with Crippen molar-refractivity contribution in [2.45, 2.75) is 6.54 Å². The van der Waals surface area contributed by atoms with Crippen LogP contribution >= 0.6 is 11.3 Å². The summed E-state index contributed by atoms with van der Waals surface area (Å²) in [6.45, 7) is -0.0498. The summed E-state index contributed by atoms with van der Waals surface area (Å²) in [4.78, 5) is 22.7. The number of aromatic nitrogens is 1. The second-order valence-corrected chi connectivity index (χ2v) is 4.09. The molecule has 0 saturated heterocycles. The Morgan fingerprint density at radius 2 is 2.25 bits per heavy atom. The molecule has 0 bridgehead atoms. The van der Waals surface area contributed by atoms with Crippen LogP contribution in [0.25, 0.3) is 0 Å². The Kier molecular flexibility index (Phi) is 2.96. The molecule has 5 heteroatoms. The van der Waals surface area contributed by atoms with Crippen molar-refractivity contribution in [1.82, 2.24) is 4.57 Å². The molecular weight excluding hydrogens is 229 g/mol. The normalized spacial score (nSPS) is 10.3. The van der Waals surface area contributed by atoms with Gasteiger partial charge in [-0.15, -0.1) is 0 Å². The number of thiazole rings is 1. The fraction of sp³-hybridized carbons (Fsp3) is 0.0909. The molecule has 0 aliphatic rings. The number of rotatable bonds is 3. The molecule has 2 rings (SSSR count). The Hall–Kier alpha value is -1.75. The molecule has 0 saturated carbocycles. The molecule has 16 heavy (non-hydrogen) atoms. The highest BCUT2D eigenvalue weighted by atomic mass is 32.1. The van der Waals surface area contributed by atoms with Gasteiger partial charge in [0.05, 0.1) is 6.54 Å². The number of nitrogens with zero attached hydrogens (tertiary/aromatic N) is 1. The second kappa shape index (κ2) is 4.40. The maximum Gasteiger partial charge on any atom is 0.307 e. The van der Waals surface area contributed by atoms with E-state index in [4.69, 9.17) is 0 Å². The first-order valence-electron chi connectivity index (χ1n) is 4.59. The zero-order chi connectivity index (χ0) is 11.5. The lowest BCUT2D eigenvalue weighted by Crippen LogP contribution is -2.18. The van der Waals surface area contributed by atoms with E-state index in [-0.39, 0.29) is 22.8 Å². The summed E-state index contributed by atoms with van der Waals surface area (Å²) < 4.78 is 14.2. The first kappa shape index (κ1) is 10.8. The van der Waals surface area contributed by atoms with Crippen molar-refractivity contribution >= 4 is 17.1 Å². The highest BCUT2D eigenvalue weighted by Crippen LogP contribution is 2.05. The lowest BCUT2D eigenvalue weighted by molar-refractivity contribution is 0.0971. The molecule has 0 aliphatic heterocycles. The second-order valence-electron chi connectivity index (χ2n) is 3.23. The first-order chi connectivity index (χ1) is 7.66. The summed E-state index contributed by atoms with van der Waals surface area (Å²) >= 11 is 1.03. The third kappa shape index (κ3) is 2.25. The minimum absolute atomic E-state index is 0.0498. The number of benzene rings is 1. The number of ketones is 1. The Morgan fingerprint density at radius 1 is 1.44 bits per heavy atom. The van der Waals surface area contributed by atoms with Gasteiger partial charge in [0.1, 0.15) is 5.82 Å². The van der Waals surface area contributed by atoms with E-state index in [9.17, 15) is 14.0 Å². The fourth-order valence-electron chi connectivity index (χ4n) is 1.32. The monoisotopic (exact) mass is 237 g/mol. The van der Waals surface area contributed by atoms with Crippen LogP contribution in [-0.4, -0.2) is 10.4 Å². The van der Waals surface area contributed by atoms with E-state index < -0.39 is 5.82 Å². The number of halogens is 1. The summed E-state index contributed by atoms with van der Waals surface area (Å²) in [6.07, 6.45) is 1.55. The smallest absolute Gasteiger partial charge is 0.298 e. The Labute approximate surface area is 94.8 Å². The van der Waals surface area contributed by atoms with Crippen LogP contribution in [0.3, 0.4) is 0 Å². The number of carbonyl (C=O) groups excluding carboxylic acids is 1. The Bertz CT molecular complexity index is 573. The lowest BCUT2D eigenvalue weighted by atomic mass is 10.1. The van der Waals surface area contributed by atoms with E-state index in [1.54, 1.807) is 11.6 Å². The molecule has 82 valence electrons. The summed E-state index contributed by atoms with van der Waals surface area (Å²) in [5.41, 5.74) is 0.276. The number of Topliss-reactive ketones (excluding diaryl/α,β-unsaturated/α-hetero) is 1. The average Bonchev–Trinajstić information content (AvgIpc) is 2.64. The van der Waals surface area contributed by atoms with Gasteiger partial charge < -0.3 is 0 Å². The van der Waals surface area contributed by atoms with Crippen molar-refractivity contribution in [3.8, 4) is 0 Å². The molecule has 1 heterocycles. The minimum atomic E-state index is -0.455. The van der Waals surface area contributed by atoms with Crippen LogP contribution in [0.4, 0.5) is 4.39 Å². The molecule has 3 nitrogen and oxygen atoms in total. The Balaban J connectivity index is 2.21. The topological polar surface area (TPSA) is 39.1 Å². The maximum atomic E-state index is 12.9. The Morgan fingerprint density at radius 3 is 2.88 bits per heavy atom. The van der Waals surface area contributed by atoms with Crippen molar-refractivity contribution in [2.75, 3.05) is 0 Å². The van der Waals surface area contributed by atoms with Crippen LogP contribution < -0.4 is 4.87 Å². The van der Waals surface area contributed by atoms with Crippen LogP contribution in [-0.2, 0) is 6.54 Å². The van der Waals surface area contributed by atoms with Gasteiger partial charge in [-0.3, -0.25) is 14.2 Å². The standard InChI is InChI=1S/C11H8FNO2S/c12-9-3-1-2-8(6-9)10(14)7-13-4-5-16-11(13)15/h1-6H,7H2. The van der Waals surface area contributed by atoms with Gasteiger partial charge in [-0.1, -0.05) is 23.5 Å². The zero-order valence-corrected chi connectivity index (χ0v) is 9.04. The van der Waals surface area contributed by atoms with E-state index in [1.165, 1.54) is 28.8 Å². The minimum Gasteiger partial charge on any atom is -0.298 e. The summed E-state index contributed by atoms with van der Waals surface area (Å²) in [5.74, 6) is -0.733. The highest BCUT2D eigenvalue weighted by Gasteiger charge is 2.08. The largest absolute Gasteiger partial charge is 0.307 e. The average molecular weight is 237 g/mol. The van der Waals surface area contributed by atoms with Gasteiger partial charge in [0, 0.05) is 17.1 Å². The molecule has 1 aromatic heterocycles. The predicted molar refractivity (Wildman–Crippen MR) is 59.3 cm³/mol. The summed E-state index contributed by atoms with van der Waals surface area (Å²) in [5, 5.41) is 1.61. The van der Waals surface area contributed by atoms with E-state index in [0.717, 1.165) is 11.3 Å². The fourth-order valence-corrected chi connectivity index (χ4v) is 1.90. The van der Waals surface area contributed by atoms with Gasteiger partial charge in [0.15, 0.2) is 5.78 Å². The predicted octanol–water partition coefficient (Wildman–Crippen LogP) is 1.93. The molecule has 0 spiro atoms. The molecule has 0 atom stereocenters. The number of hydrogen-bond acceptors (Lipinski definition) is 3. The molecule has 0 radical (unpaired) electrons. The highest BCUT2D eigenvalue weighted by molar-refractivity contribution is 7.07. The van der Waals surface area contributed by atoms with Gasteiger partial charge >= 0.3 is 4.87 Å². The quantitative estimate of drug-likeness (QED) is 0.765. The van der Waals surface area contributed by atoms with Crippen molar-refractivity contribution in [3.05, 3.63) is 56.9 Å². The molecular formula is C11H8FNO2S. The molecule has 0 aliphatic carbocycles. The van der Waals surface area contributed by atoms with Gasteiger partial charge in [-0.25, -0.2) is 4.39 Å². The molecule has 0 amide bonds. The van der Waals surface area contributed by atoms with E-state index in [2.05, 4.69) is 0 Å². The summed E-state index contributed by atoms with van der Waals surface area (Å²) in [6, 6.07) is 5.44. The SMILES string of the molecule is O=C(Cn1ccsc1=O)c1cccc(F)c1. The van der Waals surface area contributed by atoms with Crippen LogP contribution in [0.15, 0.2) is 40.6 Å². The van der Waals surface area contributed by atoms with E-state index in [1.807, 2.05) is 0 Å². The third-order valence-electron chi connectivity index (χ3n) is 2.10. The van der Waals surface area contributed by atoms with Gasteiger partial charge in [0.25, 0.3) is 0 Å². The van der Waals surface area contributed by atoms with Crippen molar-refractivity contribution in [2.24, 2.45) is 0 Å². The van der Waals surface area contributed by atoms with E-state index in [0.29, 0.717) is 0 Å². The lowest BCUT2D eigenvalue weighted by Gasteiger charge is -2.01. The van der Waals surface area contributed by atoms with Crippen LogP contribution in [0.1, 0.15) is 10.4 Å². The summed E-state index contributed by atoms with van der Waals surface area (Å²) in [7, 11) is 0. The third-order valence-corrected chi connectivity index (χ3v) is 2.80. The van der Waals surface area contributed by atoms with Gasteiger partial charge in [-0.2, -0.15) is 0 Å². The van der Waals surface area contributed by atoms with E-state index >= 15 is 0 Å². The van der Waals surface area contributed by atoms with Gasteiger partial charge in [0.2, 0.25) is 0 Å². The number of carbonyl (C=O) groups is 1. The number of hydrogen-bond donors (Lipinski definition) is 0. The van der Waals surface area contributed by atoms with Crippen LogP contribution in [0.5, 0.6) is 0 Å². The molecule has 0 unspecified atom stereocenters. The van der Waals surface area contributed by atoms with Crippen LogP contribution in [0.2, 0.25) is 0 Å². The molecule has 0 fully saturated rings. The van der Waals surface area contributed by atoms with Crippen molar-refractivity contribution < 1.29 is 9.18 Å². The molecule has 2 aromatic rings. The maximum absolute atomic E-state index is 12.9.